The molecule has 1 rings (SSSR count). The largest absolute Gasteiger partial charge is 0.508 e. The highest BCUT2D eigenvalue weighted by atomic mass is 16.5. The van der Waals surface area contributed by atoms with Crippen molar-refractivity contribution in [3.05, 3.63) is 29.8 Å². The lowest BCUT2D eigenvalue weighted by atomic mass is 10.1. The van der Waals surface area contributed by atoms with Crippen LogP contribution in [0, 0.1) is 0 Å². The monoisotopic (exact) mass is 251 g/mol. The van der Waals surface area contributed by atoms with Crippen molar-refractivity contribution in [2.24, 2.45) is 0 Å². The van der Waals surface area contributed by atoms with Gasteiger partial charge in [0.2, 0.25) is 5.91 Å². The molecule has 0 saturated carbocycles. The number of phenolic OH excluding ortho intramolecular Hbond substituents is 1. The first-order valence-corrected chi connectivity index (χ1v) is 5.69. The Morgan fingerprint density at radius 3 is 2.67 bits per heavy atom. The van der Waals surface area contributed by atoms with Crippen LogP contribution in [0.25, 0.3) is 0 Å². The predicted molar refractivity (Wildman–Crippen MR) is 66.1 cm³/mol. The summed E-state index contributed by atoms with van der Waals surface area (Å²) in [5.41, 5.74) is 0.711. The maximum atomic E-state index is 11.9. The van der Waals surface area contributed by atoms with E-state index in [1.165, 1.54) is 18.1 Å². The minimum Gasteiger partial charge on any atom is -0.508 e. The summed E-state index contributed by atoms with van der Waals surface area (Å²) in [6.45, 7) is 2.18. The van der Waals surface area contributed by atoms with Crippen LogP contribution < -0.4 is 0 Å². The van der Waals surface area contributed by atoms with Crippen LogP contribution in [0.5, 0.6) is 5.75 Å². The molecule has 1 amide bonds. The van der Waals surface area contributed by atoms with E-state index in [4.69, 9.17) is 0 Å². The Labute approximate surface area is 106 Å². The molecular formula is C13H17NO4. The summed E-state index contributed by atoms with van der Waals surface area (Å²) < 4.78 is 4.53. The number of nitrogens with zero attached hydrogens (tertiary/aromatic N) is 1. The van der Waals surface area contributed by atoms with E-state index in [-0.39, 0.29) is 24.6 Å². The molecule has 0 heterocycles. The van der Waals surface area contributed by atoms with Gasteiger partial charge in [0.1, 0.15) is 12.3 Å². The van der Waals surface area contributed by atoms with Crippen molar-refractivity contribution in [2.45, 2.75) is 13.3 Å². The zero-order valence-electron chi connectivity index (χ0n) is 10.5. The van der Waals surface area contributed by atoms with Crippen LogP contribution in [-0.4, -0.2) is 42.1 Å². The highest BCUT2D eigenvalue weighted by molar-refractivity contribution is 5.83. The summed E-state index contributed by atoms with van der Waals surface area (Å²) in [6.07, 6.45) is 0.152. The Morgan fingerprint density at radius 2 is 2.11 bits per heavy atom. The van der Waals surface area contributed by atoms with Crippen molar-refractivity contribution in [3.63, 3.8) is 0 Å². The first-order chi connectivity index (χ1) is 8.56. The van der Waals surface area contributed by atoms with Crippen molar-refractivity contribution < 1.29 is 19.4 Å². The highest BCUT2D eigenvalue weighted by Gasteiger charge is 2.16. The number of carbonyl (C=O) groups excluding carboxylic acids is 2. The Hall–Kier alpha value is -2.04. The standard InChI is InChI=1S/C13H17NO4/c1-3-14(9-13(17)18-2)12(16)8-10-5-4-6-11(15)7-10/h4-7,15H,3,8-9H2,1-2H3. The molecule has 5 nitrogen and oxygen atoms in total. The van der Waals surface area contributed by atoms with Crippen LogP contribution in [0.4, 0.5) is 0 Å². The van der Waals surface area contributed by atoms with Gasteiger partial charge in [0, 0.05) is 6.54 Å². The second-order valence-electron chi connectivity index (χ2n) is 3.83. The van der Waals surface area contributed by atoms with Crippen molar-refractivity contribution >= 4 is 11.9 Å². The van der Waals surface area contributed by atoms with Crippen LogP contribution in [0.15, 0.2) is 24.3 Å². The Morgan fingerprint density at radius 1 is 1.39 bits per heavy atom. The van der Waals surface area contributed by atoms with Crippen molar-refractivity contribution in [3.8, 4) is 5.75 Å². The summed E-state index contributed by atoms with van der Waals surface area (Å²) in [5.74, 6) is -0.495. The molecule has 18 heavy (non-hydrogen) atoms. The third-order valence-corrected chi connectivity index (χ3v) is 2.55. The van der Waals surface area contributed by atoms with Crippen LogP contribution in [0.3, 0.4) is 0 Å². The minimum atomic E-state index is -0.443. The van der Waals surface area contributed by atoms with Gasteiger partial charge in [-0.2, -0.15) is 0 Å². The van der Waals surface area contributed by atoms with Gasteiger partial charge in [0.05, 0.1) is 13.5 Å². The van der Waals surface area contributed by atoms with Crippen molar-refractivity contribution in [2.75, 3.05) is 20.2 Å². The molecule has 0 atom stereocenters. The summed E-state index contributed by atoms with van der Waals surface area (Å²) in [7, 11) is 1.29. The number of esters is 1. The molecule has 0 unspecified atom stereocenters. The van der Waals surface area contributed by atoms with Gasteiger partial charge < -0.3 is 14.7 Å². The van der Waals surface area contributed by atoms with Gasteiger partial charge >= 0.3 is 5.97 Å². The first kappa shape index (κ1) is 14.0. The van der Waals surface area contributed by atoms with Gasteiger partial charge in [-0.1, -0.05) is 12.1 Å². The van der Waals surface area contributed by atoms with E-state index in [0.29, 0.717) is 12.1 Å². The molecule has 1 N–H and O–H groups in total. The smallest absolute Gasteiger partial charge is 0.325 e. The molecule has 5 heteroatoms. The Kier molecular flexibility index (Phi) is 5.17. The molecule has 0 fully saturated rings. The summed E-state index contributed by atoms with van der Waals surface area (Å²) in [4.78, 5) is 24.5. The number of amides is 1. The van der Waals surface area contributed by atoms with Crippen LogP contribution in [0.1, 0.15) is 12.5 Å². The minimum absolute atomic E-state index is 0.0509. The molecule has 1 aromatic rings. The summed E-state index contributed by atoms with van der Waals surface area (Å²) in [6, 6.07) is 6.50. The zero-order chi connectivity index (χ0) is 13.5. The molecule has 0 aliphatic heterocycles. The van der Waals surface area contributed by atoms with E-state index in [1.807, 2.05) is 0 Å². The molecular weight excluding hydrogens is 234 g/mol. The van der Waals surface area contributed by atoms with Gasteiger partial charge in [0.15, 0.2) is 0 Å². The summed E-state index contributed by atoms with van der Waals surface area (Å²) in [5, 5.41) is 9.31. The predicted octanol–water partition coefficient (Wildman–Crippen LogP) is 0.956. The number of hydrogen-bond donors (Lipinski definition) is 1. The molecule has 0 radical (unpaired) electrons. The molecule has 1 aromatic carbocycles. The lowest BCUT2D eigenvalue weighted by Gasteiger charge is -2.19. The molecule has 0 aliphatic rings. The maximum absolute atomic E-state index is 11.9. The average Bonchev–Trinajstić information content (AvgIpc) is 2.35. The molecule has 0 spiro atoms. The third-order valence-electron chi connectivity index (χ3n) is 2.55. The molecule has 0 saturated heterocycles. The van der Waals surface area contributed by atoms with Gasteiger partial charge in [-0.3, -0.25) is 9.59 Å². The fourth-order valence-corrected chi connectivity index (χ4v) is 1.55. The van der Waals surface area contributed by atoms with E-state index >= 15 is 0 Å². The fourth-order valence-electron chi connectivity index (χ4n) is 1.55. The maximum Gasteiger partial charge on any atom is 0.325 e. The second kappa shape index (κ2) is 6.64. The SMILES string of the molecule is CCN(CC(=O)OC)C(=O)Cc1cccc(O)c1. The van der Waals surface area contributed by atoms with E-state index in [0.717, 1.165) is 0 Å². The molecule has 98 valence electrons. The highest BCUT2D eigenvalue weighted by Crippen LogP contribution is 2.12. The van der Waals surface area contributed by atoms with Crippen LogP contribution >= 0.6 is 0 Å². The van der Waals surface area contributed by atoms with Gasteiger partial charge in [-0.15, -0.1) is 0 Å². The number of rotatable bonds is 5. The van der Waals surface area contributed by atoms with Crippen LogP contribution in [0.2, 0.25) is 0 Å². The number of phenols is 1. The number of benzene rings is 1. The fraction of sp³-hybridized carbons (Fsp3) is 0.385. The second-order valence-corrected chi connectivity index (χ2v) is 3.83. The Balaban J connectivity index is 2.65. The first-order valence-electron chi connectivity index (χ1n) is 5.69. The van der Waals surface area contributed by atoms with E-state index < -0.39 is 5.97 Å². The number of likely N-dealkylation sites (N-methyl/N-ethyl adjacent to an activating group) is 1. The van der Waals surface area contributed by atoms with E-state index in [2.05, 4.69) is 4.74 Å². The van der Waals surface area contributed by atoms with Gasteiger partial charge in [-0.25, -0.2) is 0 Å². The van der Waals surface area contributed by atoms with Crippen molar-refractivity contribution in [1.82, 2.24) is 4.90 Å². The van der Waals surface area contributed by atoms with Gasteiger partial charge in [0.25, 0.3) is 0 Å². The number of ether oxygens (including phenoxy) is 1. The third kappa shape index (κ3) is 4.08. The van der Waals surface area contributed by atoms with E-state index in [1.54, 1.807) is 25.1 Å². The average molecular weight is 251 g/mol. The molecule has 0 aromatic heterocycles. The molecule has 0 aliphatic carbocycles. The molecule has 0 bridgehead atoms. The van der Waals surface area contributed by atoms with Crippen LogP contribution in [-0.2, 0) is 20.7 Å². The number of methoxy groups -OCH3 is 1. The normalized spacial score (nSPS) is 9.89. The zero-order valence-corrected chi connectivity index (χ0v) is 10.5. The lowest BCUT2D eigenvalue weighted by molar-refractivity contribution is -0.146. The number of carbonyl (C=O) groups is 2. The Bertz CT molecular complexity index is 431. The number of aromatic hydroxyl groups is 1. The quantitative estimate of drug-likeness (QED) is 0.791. The lowest BCUT2D eigenvalue weighted by Crippen LogP contribution is -2.36. The number of hydrogen-bond acceptors (Lipinski definition) is 4. The topological polar surface area (TPSA) is 66.8 Å². The summed E-state index contributed by atoms with van der Waals surface area (Å²) >= 11 is 0. The van der Waals surface area contributed by atoms with E-state index in [9.17, 15) is 14.7 Å². The van der Waals surface area contributed by atoms with Gasteiger partial charge in [-0.05, 0) is 24.6 Å². The van der Waals surface area contributed by atoms with Crippen molar-refractivity contribution in [1.29, 1.82) is 0 Å².